The Morgan fingerprint density at radius 1 is 1.16 bits per heavy atom. The molecule has 0 aromatic heterocycles. The highest BCUT2D eigenvalue weighted by Gasteiger charge is 2.30. The summed E-state index contributed by atoms with van der Waals surface area (Å²) in [6.45, 7) is 2.05. The summed E-state index contributed by atoms with van der Waals surface area (Å²) < 4.78 is 24.1. The van der Waals surface area contributed by atoms with Crippen LogP contribution in [-0.2, 0) is 9.84 Å². The van der Waals surface area contributed by atoms with E-state index in [1.54, 1.807) is 24.3 Å². The first-order chi connectivity index (χ1) is 9.04. The fourth-order valence-electron chi connectivity index (χ4n) is 2.07. The highest BCUT2D eigenvalue weighted by atomic mass is 32.2. The highest BCUT2D eigenvalue weighted by Crippen LogP contribution is 2.32. The van der Waals surface area contributed by atoms with Crippen molar-refractivity contribution in [2.75, 3.05) is 5.75 Å². The van der Waals surface area contributed by atoms with Crippen molar-refractivity contribution in [2.24, 2.45) is 5.92 Å². The van der Waals surface area contributed by atoms with E-state index in [4.69, 9.17) is 0 Å². The molecule has 0 spiro atoms. The Hall–Kier alpha value is -1.16. The van der Waals surface area contributed by atoms with E-state index in [9.17, 15) is 13.2 Å². The monoisotopic (exact) mass is 280 g/mol. The number of ketones is 1. The van der Waals surface area contributed by atoms with Crippen LogP contribution in [0.4, 0.5) is 0 Å². The number of hydrogen-bond donors (Lipinski definition) is 0. The normalized spacial score (nSPS) is 15.4. The fourth-order valence-corrected chi connectivity index (χ4v) is 3.44. The van der Waals surface area contributed by atoms with Crippen LogP contribution in [0.1, 0.15) is 49.4 Å². The van der Waals surface area contributed by atoms with Crippen LogP contribution >= 0.6 is 0 Å². The van der Waals surface area contributed by atoms with Crippen LogP contribution in [0.25, 0.3) is 0 Å². The molecule has 0 amide bonds. The zero-order valence-electron chi connectivity index (χ0n) is 11.3. The second kappa shape index (κ2) is 5.87. The lowest BCUT2D eigenvalue weighted by atomic mass is 10.1. The molecule has 1 fully saturated rings. The zero-order chi connectivity index (χ0) is 13.9. The van der Waals surface area contributed by atoms with Crippen LogP contribution in [0, 0.1) is 5.92 Å². The van der Waals surface area contributed by atoms with Crippen molar-refractivity contribution < 1.29 is 13.2 Å². The third kappa shape index (κ3) is 3.66. The summed E-state index contributed by atoms with van der Waals surface area (Å²) in [6, 6.07) is 6.43. The molecule has 0 aliphatic heterocycles. The van der Waals surface area contributed by atoms with Gasteiger partial charge >= 0.3 is 0 Å². The van der Waals surface area contributed by atoms with Gasteiger partial charge in [-0.25, -0.2) is 8.42 Å². The lowest BCUT2D eigenvalue weighted by Crippen LogP contribution is -2.08. The number of Topliss-reactive ketones (excluding diaryl/α,β-unsaturated/α-hetero) is 1. The van der Waals surface area contributed by atoms with E-state index < -0.39 is 9.84 Å². The zero-order valence-corrected chi connectivity index (χ0v) is 12.1. The minimum atomic E-state index is -3.19. The average molecular weight is 280 g/mol. The van der Waals surface area contributed by atoms with Crippen LogP contribution in [0.2, 0.25) is 0 Å². The molecule has 1 aliphatic carbocycles. The molecular weight excluding hydrogens is 260 g/mol. The maximum absolute atomic E-state index is 12.0. The minimum Gasteiger partial charge on any atom is -0.294 e. The van der Waals surface area contributed by atoms with Crippen molar-refractivity contribution in [1.82, 2.24) is 0 Å². The molecule has 0 heterocycles. The third-order valence-corrected chi connectivity index (χ3v) is 5.28. The van der Waals surface area contributed by atoms with E-state index in [1.807, 2.05) is 6.92 Å². The summed E-state index contributed by atoms with van der Waals surface area (Å²) in [5.41, 5.74) is 0.634. The average Bonchev–Trinajstić information content (AvgIpc) is 3.22. The first-order valence-electron chi connectivity index (χ1n) is 6.91. The second-order valence-corrected chi connectivity index (χ2v) is 7.30. The predicted octanol–water partition coefficient (Wildman–Crippen LogP) is 3.24. The standard InChI is InChI=1S/C15H20O3S/c1-2-3-4-11-19(17,18)14-9-7-13(8-10-14)15(16)12-5-6-12/h7-10,12H,2-6,11H2,1H3. The molecule has 3 nitrogen and oxygen atoms in total. The maximum atomic E-state index is 12.0. The van der Waals surface area contributed by atoms with Gasteiger partial charge in [-0.3, -0.25) is 4.79 Å². The summed E-state index contributed by atoms with van der Waals surface area (Å²) in [7, 11) is -3.19. The Bertz CT molecular complexity index is 539. The molecule has 0 atom stereocenters. The van der Waals surface area contributed by atoms with E-state index in [1.165, 1.54) is 0 Å². The molecule has 0 N–H and O–H groups in total. The predicted molar refractivity (Wildman–Crippen MR) is 75.1 cm³/mol. The number of carbonyl (C=O) groups excluding carboxylic acids is 1. The van der Waals surface area contributed by atoms with E-state index in [-0.39, 0.29) is 17.5 Å². The number of sulfone groups is 1. The van der Waals surface area contributed by atoms with Gasteiger partial charge in [-0.2, -0.15) is 0 Å². The number of benzene rings is 1. The number of rotatable bonds is 7. The summed E-state index contributed by atoms with van der Waals surface area (Å²) in [5.74, 6) is 0.512. The van der Waals surface area contributed by atoms with Gasteiger partial charge in [0.2, 0.25) is 0 Å². The van der Waals surface area contributed by atoms with E-state index in [2.05, 4.69) is 0 Å². The molecule has 1 aromatic carbocycles. The maximum Gasteiger partial charge on any atom is 0.178 e. The van der Waals surface area contributed by atoms with Crippen LogP contribution in [0.15, 0.2) is 29.2 Å². The highest BCUT2D eigenvalue weighted by molar-refractivity contribution is 7.91. The SMILES string of the molecule is CCCCCS(=O)(=O)c1ccc(C(=O)C2CC2)cc1. The number of carbonyl (C=O) groups is 1. The topological polar surface area (TPSA) is 51.2 Å². The van der Waals surface area contributed by atoms with E-state index >= 15 is 0 Å². The molecule has 0 radical (unpaired) electrons. The molecule has 0 saturated heterocycles. The van der Waals surface area contributed by atoms with Gasteiger partial charge in [-0.1, -0.05) is 31.9 Å². The Morgan fingerprint density at radius 3 is 2.32 bits per heavy atom. The molecule has 2 rings (SSSR count). The largest absolute Gasteiger partial charge is 0.294 e. The van der Waals surface area contributed by atoms with Crippen molar-refractivity contribution in [2.45, 2.75) is 43.9 Å². The van der Waals surface area contributed by atoms with Crippen molar-refractivity contribution in [3.8, 4) is 0 Å². The van der Waals surface area contributed by atoms with Gasteiger partial charge in [0.1, 0.15) is 0 Å². The number of unbranched alkanes of at least 4 members (excludes halogenated alkanes) is 2. The van der Waals surface area contributed by atoms with Gasteiger partial charge in [0.05, 0.1) is 10.6 Å². The summed E-state index contributed by atoms with van der Waals surface area (Å²) in [4.78, 5) is 12.2. The molecule has 1 aromatic rings. The molecule has 104 valence electrons. The van der Waals surface area contributed by atoms with E-state index in [0.717, 1.165) is 25.7 Å². The smallest absolute Gasteiger partial charge is 0.178 e. The molecule has 1 aliphatic rings. The van der Waals surface area contributed by atoms with Gasteiger partial charge < -0.3 is 0 Å². The first kappa shape index (κ1) is 14.3. The van der Waals surface area contributed by atoms with Crippen molar-refractivity contribution in [1.29, 1.82) is 0 Å². The quantitative estimate of drug-likeness (QED) is 0.569. The lowest BCUT2D eigenvalue weighted by Gasteiger charge is -2.05. The van der Waals surface area contributed by atoms with Crippen LogP contribution in [0.5, 0.6) is 0 Å². The van der Waals surface area contributed by atoms with Gasteiger partial charge in [0, 0.05) is 11.5 Å². The Kier molecular flexibility index (Phi) is 4.40. The molecular formula is C15H20O3S. The van der Waals surface area contributed by atoms with Crippen LogP contribution in [0.3, 0.4) is 0 Å². The number of hydrogen-bond acceptors (Lipinski definition) is 3. The molecule has 1 saturated carbocycles. The van der Waals surface area contributed by atoms with Gasteiger partial charge in [-0.15, -0.1) is 0 Å². The molecule has 0 unspecified atom stereocenters. The second-order valence-electron chi connectivity index (χ2n) is 5.19. The first-order valence-corrected chi connectivity index (χ1v) is 8.57. The Morgan fingerprint density at radius 2 is 1.79 bits per heavy atom. The van der Waals surface area contributed by atoms with Gasteiger partial charge in [-0.05, 0) is 31.4 Å². The Labute approximate surface area is 114 Å². The van der Waals surface area contributed by atoms with Gasteiger partial charge in [0.15, 0.2) is 15.6 Å². The summed E-state index contributed by atoms with van der Waals surface area (Å²) in [6.07, 6.45) is 4.56. The van der Waals surface area contributed by atoms with Gasteiger partial charge in [0.25, 0.3) is 0 Å². The van der Waals surface area contributed by atoms with Crippen molar-refractivity contribution >= 4 is 15.6 Å². The summed E-state index contributed by atoms with van der Waals surface area (Å²) in [5, 5.41) is 0. The van der Waals surface area contributed by atoms with Crippen LogP contribution in [-0.4, -0.2) is 20.0 Å². The minimum absolute atomic E-state index is 0.148. The summed E-state index contributed by atoms with van der Waals surface area (Å²) >= 11 is 0. The van der Waals surface area contributed by atoms with Crippen LogP contribution < -0.4 is 0 Å². The van der Waals surface area contributed by atoms with Crippen molar-refractivity contribution in [3.05, 3.63) is 29.8 Å². The molecule has 0 bridgehead atoms. The van der Waals surface area contributed by atoms with E-state index in [0.29, 0.717) is 16.9 Å². The molecule has 19 heavy (non-hydrogen) atoms. The fraction of sp³-hybridized carbons (Fsp3) is 0.533. The third-order valence-electron chi connectivity index (χ3n) is 3.46. The van der Waals surface area contributed by atoms with Crippen molar-refractivity contribution in [3.63, 3.8) is 0 Å². The lowest BCUT2D eigenvalue weighted by molar-refractivity contribution is 0.0967. The Balaban J connectivity index is 2.06. The molecule has 4 heteroatoms.